The highest BCUT2D eigenvalue weighted by atomic mass is 16.5. The molecular weight excluding hydrogens is 340 g/mol. The van der Waals surface area contributed by atoms with Crippen LogP contribution in [-0.4, -0.2) is 25.8 Å². The van der Waals surface area contributed by atoms with Gasteiger partial charge >= 0.3 is 0 Å². The fraction of sp³-hybridized carbons (Fsp3) is 0.273. The first-order valence-electron chi connectivity index (χ1n) is 8.78. The van der Waals surface area contributed by atoms with Crippen molar-refractivity contribution in [1.29, 1.82) is 0 Å². The Morgan fingerprint density at radius 2 is 1.63 bits per heavy atom. The second-order valence-corrected chi connectivity index (χ2v) is 7.32. The lowest BCUT2D eigenvalue weighted by Gasteiger charge is -2.18. The highest BCUT2D eigenvalue weighted by Crippen LogP contribution is 2.34. The lowest BCUT2D eigenvalue weighted by Crippen LogP contribution is -2.24. The summed E-state index contributed by atoms with van der Waals surface area (Å²) in [4.78, 5) is 13.1. The van der Waals surface area contributed by atoms with Crippen molar-refractivity contribution >= 4 is 23.4 Å². The zero-order chi connectivity index (χ0) is 19.6. The van der Waals surface area contributed by atoms with Gasteiger partial charge in [-0.3, -0.25) is 4.79 Å². The third-order valence-corrected chi connectivity index (χ3v) is 4.31. The second kappa shape index (κ2) is 7.27. The Morgan fingerprint density at radius 1 is 0.963 bits per heavy atom. The number of hydrogen-bond donors (Lipinski definition) is 0. The molecule has 0 unspecified atom stereocenters. The van der Waals surface area contributed by atoms with Crippen LogP contribution in [0.5, 0.6) is 11.5 Å². The number of benzene rings is 2. The van der Waals surface area contributed by atoms with E-state index in [9.17, 15) is 4.79 Å². The molecule has 140 valence electrons. The second-order valence-electron chi connectivity index (χ2n) is 7.32. The summed E-state index contributed by atoms with van der Waals surface area (Å²) < 4.78 is 10.7. The summed E-state index contributed by atoms with van der Waals surface area (Å²) in [5, 5.41) is 6.11. The predicted molar refractivity (Wildman–Crippen MR) is 108 cm³/mol. The summed E-state index contributed by atoms with van der Waals surface area (Å²) in [7, 11) is 3.19. The van der Waals surface area contributed by atoms with Crippen LogP contribution >= 0.6 is 0 Å². The van der Waals surface area contributed by atoms with Crippen LogP contribution in [0.1, 0.15) is 26.3 Å². The van der Waals surface area contributed by atoms with Crippen LogP contribution in [0.25, 0.3) is 6.08 Å². The van der Waals surface area contributed by atoms with Crippen molar-refractivity contribution < 1.29 is 14.3 Å². The Labute approximate surface area is 159 Å². The third kappa shape index (κ3) is 3.72. The maximum atomic E-state index is 13.1. The third-order valence-electron chi connectivity index (χ3n) is 4.31. The molecule has 2 aromatic rings. The van der Waals surface area contributed by atoms with Crippen molar-refractivity contribution in [3.63, 3.8) is 0 Å². The first-order valence-corrected chi connectivity index (χ1v) is 8.78. The van der Waals surface area contributed by atoms with Crippen molar-refractivity contribution in [2.24, 2.45) is 10.5 Å². The van der Waals surface area contributed by atoms with E-state index in [2.05, 4.69) is 25.9 Å². The van der Waals surface area contributed by atoms with Crippen molar-refractivity contribution in [1.82, 2.24) is 0 Å². The topological polar surface area (TPSA) is 51.1 Å². The lowest BCUT2D eigenvalue weighted by atomic mass is 9.85. The van der Waals surface area contributed by atoms with Crippen LogP contribution in [0.3, 0.4) is 0 Å². The summed E-state index contributed by atoms with van der Waals surface area (Å²) in [6, 6.07) is 15.0. The van der Waals surface area contributed by atoms with Gasteiger partial charge in [-0.05, 0) is 35.9 Å². The number of rotatable bonds is 4. The predicted octanol–water partition coefficient (Wildman–Crippen LogP) is 4.54. The van der Waals surface area contributed by atoms with E-state index in [0.29, 0.717) is 17.1 Å². The Morgan fingerprint density at radius 3 is 2.22 bits per heavy atom. The molecule has 1 amide bonds. The van der Waals surface area contributed by atoms with Gasteiger partial charge in [0.1, 0.15) is 0 Å². The molecule has 0 aliphatic carbocycles. The molecule has 0 aromatic heterocycles. The van der Waals surface area contributed by atoms with Gasteiger partial charge in [-0.1, -0.05) is 45.0 Å². The van der Waals surface area contributed by atoms with E-state index in [0.717, 1.165) is 17.0 Å². The molecular formula is C22H24N2O3. The fourth-order valence-electron chi connectivity index (χ4n) is 2.95. The van der Waals surface area contributed by atoms with Gasteiger partial charge in [0, 0.05) is 5.41 Å². The van der Waals surface area contributed by atoms with Gasteiger partial charge in [-0.25, -0.2) is 0 Å². The first-order chi connectivity index (χ1) is 12.8. The minimum atomic E-state index is -0.276. The van der Waals surface area contributed by atoms with Gasteiger partial charge in [0.15, 0.2) is 11.5 Å². The molecule has 1 aliphatic heterocycles. The van der Waals surface area contributed by atoms with Gasteiger partial charge in [0.25, 0.3) is 5.91 Å². The number of methoxy groups -OCH3 is 2. The highest BCUT2D eigenvalue weighted by molar-refractivity contribution is 6.34. The van der Waals surface area contributed by atoms with E-state index in [1.807, 2.05) is 54.6 Å². The van der Waals surface area contributed by atoms with E-state index in [1.54, 1.807) is 14.2 Å². The molecule has 0 bridgehead atoms. The van der Waals surface area contributed by atoms with Crippen LogP contribution in [0.2, 0.25) is 0 Å². The minimum Gasteiger partial charge on any atom is -0.493 e. The Kier molecular flexibility index (Phi) is 5.04. The molecule has 0 atom stereocenters. The van der Waals surface area contributed by atoms with Gasteiger partial charge in [0.2, 0.25) is 0 Å². The summed E-state index contributed by atoms with van der Waals surface area (Å²) in [5.74, 6) is 1.13. The molecule has 0 saturated carbocycles. The maximum absolute atomic E-state index is 13.1. The number of carbonyl (C=O) groups excluding carboxylic acids is 1. The Balaban J connectivity index is 2.07. The largest absolute Gasteiger partial charge is 0.493 e. The van der Waals surface area contributed by atoms with E-state index in [-0.39, 0.29) is 11.3 Å². The number of para-hydroxylation sites is 1. The van der Waals surface area contributed by atoms with E-state index < -0.39 is 0 Å². The number of anilines is 1. The summed E-state index contributed by atoms with van der Waals surface area (Å²) in [6.07, 6.45) is 1.86. The molecule has 1 aliphatic rings. The van der Waals surface area contributed by atoms with Crippen LogP contribution in [0, 0.1) is 5.41 Å². The fourth-order valence-corrected chi connectivity index (χ4v) is 2.95. The molecule has 0 saturated heterocycles. The number of carbonyl (C=O) groups is 1. The number of hydrogen-bond acceptors (Lipinski definition) is 4. The summed E-state index contributed by atoms with van der Waals surface area (Å²) >= 11 is 0. The molecule has 0 fully saturated rings. The van der Waals surface area contributed by atoms with Gasteiger partial charge in [0.05, 0.1) is 31.2 Å². The van der Waals surface area contributed by atoms with E-state index in [4.69, 9.17) is 9.47 Å². The van der Waals surface area contributed by atoms with Gasteiger partial charge in [-0.2, -0.15) is 10.1 Å². The van der Waals surface area contributed by atoms with Crippen LogP contribution in [-0.2, 0) is 4.79 Å². The number of hydrazone groups is 1. The first kappa shape index (κ1) is 18.7. The van der Waals surface area contributed by atoms with Gasteiger partial charge in [-0.15, -0.1) is 0 Å². The monoisotopic (exact) mass is 364 g/mol. The number of nitrogens with zero attached hydrogens (tertiary/aromatic N) is 2. The molecule has 0 N–H and O–H groups in total. The molecule has 3 rings (SSSR count). The maximum Gasteiger partial charge on any atom is 0.280 e. The summed E-state index contributed by atoms with van der Waals surface area (Å²) in [5.41, 5.74) is 2.66. The minimum absolute atomic E-state index is 0.138. The van der Waals surface area contributed by atoms with Crippen molar-refractivity contribution in [3.05, 3.63) is 59.7 Å². The summed E-state index contributed by atoms with van der Waals surface area (Å²) in [6.45, 7) is 6.15. The molecule has 2 aromatic carbocycles. The van der Waals surface area contributed by atoms with Crippen molar-refractivity contribution in [2.45, 2.75) is 20.8 Å². The zero-order valence-corrected chi connectivity index (χ0v) is 16.3. The Bertz CT molecular complexity index is 909. The van der Waals surface area contributed by atoms with Crippen LogP contribution in [0.15, 0.2) is 59.2 Å². The molecule has 0 radical (unpaired) electrons. The molecule has 1 heterocycles. The van der Waals surface area contributed by atoms with Crippen molar-refractivity contribution in [3.8, 4) is 11.5 Å². The van der Waals surface area contributed by atoms with Crippen LogP contribution < -0.4 is 14.5 Å². The van der Waals surface area contributed by atoms with Gasteiger partial charge < -0.3 is 9.47 Å². The van der Waals surface area contributed by atoms with Crippen molar-refractivity contribution in [2.75, 3.05) is 19.2 Å². The lowest BCUT2D eigenvalue weighted by molar-refractivity contribution is -0.114. The number of amides is 1. The molecule has 5 heteroatoms. The van der Waals surface area contributed by atoms with E-state index in [1.165, 1.54) is 5.01 Å². The smallest absolute Gasteiger partial charge is 0.280 e. The van der Waals surface area contributed by atoms with Crippen LogP contribution in [0.4, 0.5) is 5.69 Å². The quantitative estimate of drug-likeness (QED) is 0.749. The molecule has 5 nitrogen and oxygen atoms in total. The SMILES string of the molecule is COc1ccc(/C=C2\C(=O)N(c3ccccc3)N=C2C(C)(C)C)cc1OC. The number of ether oxygens (including phenoxy) is 2. The molecule has 27 heavy (non-hydrogen) atoms. The average Bonchev–Trinajstić information content (AvgIpc) is 2.99. The standard InChI is InChI=1S/C22H24N2O3/c1-22(2,3)20-17(13-15-11-12-18(26-4)19(14-15)27-5)21(25)24(23-20)16-9-7-6-8-10-16/h6-14H,1-5H3/b17-13-. The Hall–Kier alpha value is -3.08. The average molecular weight is 364 g/mol. The van der Waals surface area contributed by atoms with E-state index >= 15 is 0 Å². The zero-order valence-electron chi connectivity index (χ0n) is 16.3. The normalized spacial score (nSPS) is 15.9. The molecule has 0 spiro atoms. The highest BCUT2D eigenvalue weighted by Gasteiger charge is 2.37.